The van der Waals surface area contributed by atoms with Crippen molar-refractivity contribution in [2.45, 2.75) is 19.8 Å². The zero-order chi connectivity index (χ0) is 16.9. The van der Waals surface area contributed by atoms with E-state index in [2.05, 4.69) is 49.6 Å². The second-order valence-corrected chi connectivity index (χ2v) is 6.43. The van der Waals surface area contributed by atoms with Gasteiger partial charge >= 0.3 is 0 Å². The first kappa shape index (κ1) is 16.5. The smallest absolute Gasteiger partial charge is 0.165 e. The Balaban J connectivity index is 2.02. The lowest BCUT2D eigenvalue weighted by Crippen LogP contribution is -3.06. The third kappa shape index (κ3) is 3.57. The second kappa shape index (κ2) is 7.45. The van der Waals surface area contributed by atoms with Gasteiger partial charge in [-0.05, 0) is 12.0 Å². The van der Waals surface area contributed by atoms with Gasteiger partial charge in [-0.1, -0.05) is 43.7 Å². The van der Waals surface area contributed by atoms with Crippen molar-refractivity contribution in [3.8, 4) is 11.1 Å². The number of aryl methyl sites for hydroxylation is 1. The Hall–Kier alpha value is -2.40. The van der Waals surface area contributed by atoms with Crippen molar-refractivity contribution in [1.82, 2.24) is 14.6 Å². The number of likely N-dealkylation sites (N-methyl/N-ethyl adjacent to an activating group) is 1. The van der Waals surface area contributed by atoms with Crippen LogP contribution < -0.4 is 10.2 Å². The molecule has 0 saturated carbocycles. The SMILES string of the molecule is CCCc1cc(NCC[NH+](C)C)n2ncc(-c3ccccc3)c2n1. The maximum absolute atomic E-state index is 4.86. The summed E-state index contributed by atoms with van der Waals surface area (Å²) in [6.45, 7) is 4.15. The van der Waals surface area contributed by atoms with Gasteiger partial charge < -0.3 is 10.2 Å². The summed E-state index contributed by atoms with van der Waals surface area (Å²) in [5.74, 6) is 1.02. The van der Waals surface area contributed by atoms with Gasteiger partial charge in [0.1, 0.15) is 5.82 Å². The number of hydrogen-bond acceptors (Lipinski definition) is 3. The summed E-state index contributed by atoms with van der Waals surface area (Å²) < 4.78 is 1.92. The summed E-state index contributed by atoms with van der Waals surface area (Å²) in [4.78, 5) is 6.28. The van der Waals surface area contributed by atoms with E-state index in [1.165, 1.54) is 4.90 Å². The van der Waals surface area contributed by atoms with E-state index in [0.717, 1.165) is 54.2 Å². The van der Waals surface area contributed by atoms with E-state index in [4.69, 9.17) is 4.98 Å². The molecule has 0 aliphatic carbocycles. The van der Waals surface area contributed by atoms with Crippen LogP contribution in [0.15, 0.2) is 42.6 Å². The van der Waals surface area contributed by atoms with Gasteiger partial charge in [-0.2, -0.15) is 9.61 Å². The lowest BCUT2D eigenvalue weighted by molar-refractivity contribution is -0.856. The van der Waals surface area contributed by atoms with E-state index < -0.39 is 0 Å². The molecule has 0 atom stereocenters. The number of nitrogens with zero attached hydrogens (tertiary/aromatic N) is 3. The fourth-order valence-electron chi connectivity index (χ4n) is 2.79. The summed E-state index contributed by atoms with van der Waals surface area (Å²) in [5, 5.41) is 8.10. The third-order valence-electron chi connectivity index (χ3n) is 4.05. The molecule has 0 aliphatic heterocycles. The number of nitrogens with one attached hydrogen (secondary N) is 2. The molecule has 0 amide bonds. The minimum absolute atomic E-state index is 0.910. The molecule has 2 heterocycles. The van der Waals surface area contributed by atoms with Gasteiger partial charge in [0.05, 0.1) is 33.4 Å². The van der Waals surface area contributed by atoms with Crippen LogP contribution in [-0.2, 0) is 6.42 Å². The molecule has 0 spiro atoms. The number of hydrogen-bond donors (Lipinski definition) is 2. The monoisotopic (exact) mass is 324 g/mol. The number of anilines is 1. The van der Waals surface area contributed by atoms with Gasteiger partial charge in [-0.25, -0.2) is 4.98 Å². The van der Waals surface area contributed by atoms with Gasteiger partial charge in [-0.15, -0.1) is 0 Å². The lowest BCUT2D eigenvalue weighted by atomic mass is 10.1. The Kier molecular flexibility index (Phi) is 5.11. The highest BCUT2D eigenvalue weighted by Crippen LogP contribution is 2.25. The molecule has 5 nitrogen and oxygen atoms in total. The molecule has 0 fully saturated rings. The molecule has 1 aromatic carbocycles. The van der Waals surface area contributed by atoms with Gasteiger partial charge in [0.25, 0.3) is 0 Å². The minimum Gasteiger partial charge on any atom is -0.364 e. The van der Waals surface area contributed by atoms with Crippen molar-refractivity contribution in [1.29, 1.82) is 0 Å². The first-order valence-electron chi connectivity index (χ1n) is 8.65. The van der Waals surface area contributed by atoms with Crippen molar-refractivity contribution in [2.24, 2.45) is 0 Å². The molecule has 24 heavy (non-hydrogen) atoms. The van der Waals surface area contributed by atoms with Gasteiger partial charge in [0.15, 0.2) is 5.65 Å². The average Bonchev–Trinajstić information content (AvgIpc) is 3.00. The van der Waals surface area contributed by atoms with Crippen LogP contribution in [0.3, 0.4) is 0 Å². The van der Waals surface area contributed by atoms with Crippen molar-refractivity contribution in [2.75, 3.05) is 32.5 Å². The Bertz CT molecular complexity index is 792. The molecule has 3 aromatic rings. The van der Waals surface area contributed by atoms with Crippen molar-refractivity contribution in [3.63, 3.8) is 0 Å². The predicted octanol–water partition coefficient (Wildman–Crippen LogP) is 1.91. The number of quaternary nitrogens is 1. The van der Waals surface area contributed by atoms with Gasteiger partial charge in [-0.3, -0.25) is 0 Å². The van der Waals surface area contributed by atoms with E-state index in [-0.39, 0.29) is 0 Å². The van der Waals surface area contributed by atoms with Crippen LogP contribution in [-0.4, -0.2) is 41.8 Å². The first-order chi connectivity index (χ1) is 11.7. The molecule has 5 heteroatoms. The highest BCUT2D eigenvalue weighted by atomic mass is 15.3. The molecule has 0 bridgehead atoms. The summed E-state index contributed by atoms with van der Waals surface area (Å²) in [6.07, 6.45) is 3.97. The summed E-state index contributed by atoms with van der Waals surface area (Å²) in [5.41, 5.74) is 4.27. The molecule has 3 rings (SSSR count). The van der Waals surface area contributed by atoms with E-state index in [9.17, 15) is 0 Å². The zero-order valence-corrected chi connectivity index (χ0v) is 14.7. The summed E-state index contributed by atoms with van der Waals surface area (Å²) in [6, 6.07) is 12.5. The van der Waals surface area contributed by atoms with Gasteiger partial charge in [0.2, 0.25) is 0 Å². The van der Waals surface area contributed by atoms with E-state index in [1.54, 1.807) is 0 Å². The van der Waals surface area contributed by atoms with E-state index >= 15 is 0 Å². The standard InChI is InChI=1S/C19H25N5/c1-4-8-16-13-18(20-11-12-23(2)3)24-19(22-16)17(14-21-24)15-9-6-5-7-10-15/h5-7,9-10,13-14,20H,4,8,11-12H2,1-3H3/p+1. The van der Waals surface area contributed by atoms with Crippen LogP contribution in [0.4, 0.5) is 5.82 Å². The van der Waals surface area contributed by atoms with E-state index in [0.29, 0.717) is 0 Å². The molecular weight excluding hydrogens is 298 g/mol. The molecule has 2 aromatic heterocycles. The van der Waals surface area contributed by atoms with Gasteiger partial charge in [0, 0.05) is 17.3 Å². The molecule has 2 N–H and O–H groups in total. The normalized spacial score (nSPS) is 11.3. The predicted molar refractivity (Wildman–Crippen MR) is 98.6 cm³/mol. The topological polar surface area (TPSA) is 46.7 Å². The first-order valence-corrected chi connectivity index (χ1v) is 8.65. The fraction of sp³-hybridized carbons (Fsp3) is 0.368. The highest BCUT2D eigenvalue weighted by molar-refractivity contribution is 5.78. The van der Waals surface area contributed by atoms with Crippen molar-refractivity contribution in [3.05, 3.63) is 48.3 Å². The average molecular weight is 324 g/mol. The van der Waals surface area contributed by atoms with Crippen LogP contribution >= 0.6 is 0 Å². The molecule has 0 saturated heterocycles. The molecular formula is C19H26N5+. The number of rotatable bonds is 7. The Morgan fingerprint density at radius 1 is 1.17 bits per heavy atom. The molecule has 0 radical (unpaired) electrons. The van der Waals surface area contributed by atoms with Crippen LogP contribution in [0.2, 0.25) is 0 Å². The number of aromatic nitrogens is 3. The Morgan fingerprint density at radius 3 is 2.67 bits per heavy atom. The maximum Gasteiger partial charge on any atom is 0.165 e. The largest absolute Gasteiger partial charge is 0.364 e. The van der Waals surface area contributed by atoms with Crippen molar-refractivity contribution < 1.29 is 4.90 Å². The number of benzene rings is 1. The zero-order valence-electron chi connectivity index (χ0n) is 14.7. The fourth-order valence-corrected chi connectivity index (χ4v) is 2.79. The number of fused-ring (bicyclic) bond motifs is 1. The highest BCUT2D eigenvalue weighted by Gasteiger charge is 2.12. The molecule has 126 valence electrons. The van der Waals surface area contributed by atoms with E-state index in [1.807, 2.05) is 28.9 Å². The quantitative estimate of drug-likeness (QED) is 0.698. The Morgan fingerprint density at radius 2 is 1.96 bits per heavy atom. The summed E-state index contributed by atoms with van der Waals surface area (Å²) >= 11 is 0. The van der Waals surface area contributed by atoms with Crippen LogP contribution in [0, 0.1) is 0 Å². The third-order valence-corrected chi connectivity index (χ3v) is 4.05. The van der Waals surface area contributed by atoms with Crippen LogP contribution in [0.5, 0.6) is 0 Å². The van der Waals surface area contributed by atoms with Crippen LogP contribution in [0.1, 0.15) is 19.0 Å². The second-order valence-electron chi connectivity index (χ2n) is 6.43. The molecule has 0 aliphatic rings. The maximum atomic E-state index is 4.86. The molecule has 0 unspecified atom stereocenters. The van der Waals surface area contributed by atoms with Crippen LogP contribution in [0.25, 0.3) is 16.8 Å². The minimum atomic E-state index is 0.910. The summed E-state index contributed by atoms with van der Waals surface area (Å²) in [7, 11) is 4.32. The lowest BCUT2D eigenvalue weighted by Gasteiger charge is -2.12. The Labute approximate surface area is 143 Å². The van der Waals surface area contributed by atoms with Crippen molar-refractivity contribution >= 4 is 11.5 Å².